The summed E-state index contributed by atoms with van der Waals surface area (Å²) in [6, 6.07) is 18.4. The Morgan fingerprint density at radius 2 is 1.65 bits per heavy atom. The van der Waals surface area contributed by atoms with E-state index in [1.807, 2.05) is 55.6 Å². The van der Waals surface area contributed by atoms with Crippen LogP contribution in [-0.4, -0.2) is 44.2 Å². The van der Waals surface area contributed by atoms with Crippen LogP contribution in [0.25, 0.3) is 10.9 Å². The van der Waals surface area contributed by atoms with E-state index in [9.17, 15) is 9.59 Å². The Balaban J connectivity index is 1.58. The number of carbonyl (C=O) groups excluding carboxylic acids is 2. The van der Waals surface area contributed by atoms with Crippen molar-refractivity contribution in [1.82, 2.24) is 10.3 Å². The highest BCUT2D eigenvalue weighted by Gasteiger charge is 2.35. The topological polar surface area (TPSA) is 92.9 Å². The smallest absolute Gasteiger partial charge is 0.248 e. The van der Waals surface area contributed by atoms with Gasteiger partial charge in [-0.1, -0.05) is 49.6 Å². The van der Waals surface area contributed by atoms with Crippen molar-refractivity contribution >= 4 is 28.4 Å². The number of nitrogens with one attached hydrogen (secondary N) is 2. The van der Waals surface area contributed by atoms with Crippen LogP contribution in [0.15, 0.2) is 66.9 Å². The van der Waals surface area contributed by atoms with Gasteiger partial charge in [-0.3, -0.25) is 14.5 Å². The average molecular weight is 584 g/mol. The SMILES string of the molecule is COc1cc(C(C(=O)NC2CCCCC2)N(C(=O)CCc2c[nH]c3ccccc23)c2cccc(C)c2)cc(OC)c1OC. The first-order valence-electron chi connectivity index (χ1n) is 15.0. The zero-order valence-corrected chi connectivity index (χ0v) is 25.4. The summed E-state index contributed by atoms with van der Waals surface area (Å²) in [5, 5.41) is 4.38. The summed E-state index contributed by atoms with van der Waals surface area (Å²) >= 11 is 0. The van der Waals surface area contributed by atoms with Gasteiger partial charge in [0.1, 0.15) is 6.04 Å². The zero-order chi connectivity index (χ0) is 30.3. The lowest BCUT2D eigenvalue weighted by Crippen LogP contribution is -2.47. The minimum absolute atomic E-state index is 0.0615. The van der Waals surface area contributed by atoms with Gasteiger partial charge in [0.15, 0.2) is 11.5 Å². The minimum Gasteiger partial charge on any atom is -0.493 e. The van der Waals surface area contributed by atoms with E-state index in [4.69, 9.17) is 14.2 Å². The molecule has 0 radical (unpaired) electrons. The molecule has 8 nitrogen and oxygen atoms in total. The minimum atomic E-state index is -0.965. The molecule has 1 aromatic heterocycles. The van der Waals surface area contributed by atoms with Gasteiger partial charge >= 0.3 is 0 Å². The van der Waals surface area contributed by atoms with Gasteiger partial charge in [-0.15, -0.1) is 0 Å². The molecule has 0 bridgehead atoms. The van der Waals surface area contributed by atoms with Crippen LogP contribution in [0.3, 0.4) is 0 Å². The van der Waals surface area contributed by atoms with Gasteiger partial charge in [0.2, 0.25) is 17.6 Å². The molecule has 1 aliphatic carbocycles. The second kappa shape index (κ2) is 13.7. The molecule has 3 aromatic carbocycles. The first kappa shape index (κ1) is 30.0. The average Bonchev–Trinajstić information content (AvgIpc) is 3.45. The van der Waals surface area contributed by atoms with Crippen LogP contribution in [-0.2, 0) is 16.0 Å². The van der Waals surface area contributed by atoms with Crippen LogP contribution in [0, 0.1) is 6.92 Å². The normalized spacial score (nSPS) is 14.2. The molecule has 43 heavy (non-hydrogen) atoms. The molecule has 1 heterocycles. The van der Waals surface area contributed by atoms with Crippen molar-refractivity contribution in [3.8, 4) is 17.2 Å². The molecule has 2 N–H and O–H groups in total. The Hall–Kier alpha value is -4.46. The van der Waals surface area contributed by atoms with Gasteiger partial charge in [0, 0.05) is 35.2 Å². The van der Waals surface area contributed by atoms with Gasteiger partial charge < -0.3 is 24.5 Å². The van der Waals surface area contributed by atoms with E-state index in [1.165, 1.54) is 6.42 Å². The lowest BCUT2D eigenvalue weighted by molar-refractivity contribution is -0.127. The molecule has 0 saturated heterocycles. The van der Waals surface area contributed by atoms with Gasteiger partial charge in [-0.05, 0) is 73.2 Å². The summed E-state index contributed by atoms with van der Waals surface area (Å²) in [5.41, 5.74) is 4.31. The molecule has 1 fully saturated rings. The molecular weight excluding hydrogens is 542 g/mol. The number of carbonyl (C=O) groups is 2. The first-order valence-corrected chi connectivity index (χ1v) is 15.0. The molecule has 1 saturated carbocycles. The third-order valence-corrected chi connectivity index (χ3v) is 8.29. The number of aryl methyl sites for hydroxylation is 2. The molecule has 0 spiro atoms. The van der Waals surface area contributed by atoms with Crippen molar-refractivity contribution in [2.24, 2.45) is 0 Å². The van der Waals surface area contributed by atoms with Crippen LogP contribution in [0.5, 0.6) is 17.2 Å². The lowest BCUT2D eigenvalue weighted by atomic mass is 9.94. The second-order valence-electron chi connectivity index (χ2n) is 11.2. The summed E-state index contributed by atoms with van der Waals surface area (Å²) in [6.07, 6.45) is 7.87. The maximum absolute atomic E-state index is 14.4. The number of hydrogen-bond acceptors (Lipinski definition) is 5. The maximum atomic E-state index is 14.4. The fourth-order valence-corrected chi connectivity index (χ4v) is 6.12. The van der Waals surface area contributed by atoms with Crippen molar-refractivity contribution in [1.29, 1.82) is 0 Å². The van der Waals surface area contributed by atoms with Crippen LogP contribution in [0.4, 0.5) is 5.69 Å². The molecule has 226 valence electrons. The number of para-hydroxylation sites is 1. The molecule has 5 rings (SSSR count). The molecule has 1 unspecified atom stereocenters. The number of nitrogens with zero attached hydrogens (tertiary/aromatic N) is 1. The van der Waals surface area contributed by atoms with E-state index in [-0.39, 0.29) is 24.3 Å². The van der Waals surface area contributed by atoms with Gasteiger partial charge in [0.05, 0.1) is 21.3 Å². The monoisotopic (exact) mass is 583 g/mol. The molecule has 0 aliphatic heterocycles. The number of methoxy groups -OCH3 is 3. The van der Waals surface area contributed by atoms with Crippen molar-refractivity contribution in [2.45, 2.75) is 64.0 Å². The highest BCUT2D eigenvalue weighted by atomic mass is 16.5. The Bertz CT molecular complexity index is 1550. The highest BCUT2D eigenvalue weighted by Crippen LogP contribution is 2.42. The summed E-state index contributed by atoms with van der Waals surface area (Å²) in [5.74, 6) is 0.870. The molecule has 4 aromatic rings. The van der Waals surface area contributed by atoms with Crippen LogP contribution in [0.1, 0.15) is 61.3 Å². The number of rotatable bonds is 11. The quantitative estimate of drug-likeness (QED) is 0.206. The number of hydrogen-bond donors (Lipinski definition) is 2. The van der Waals surface area contributed by atoms with E-state index < -0.39 is 6.04 Å². The van der Waals surface area contributed by atoms with Crippen molar-refractivity contribution in [3.05, 3.63) is 83.6 Å². The molecular formula is C35H41N3O5. The number of H-pyrrole nitrogens is 1. The molecule has 8 heteroatoms. The van der Waals surface area contributed by atoms with E-state index in [1.54, 1.807) is 38.4 Å². The predicted molar refractivity (Wildman–Crippen MR) is 169 cm³/mol. The third-order valence-electron chi connectivity index (χ3n) is 8.29. The van der Waals surface area contributed by atoms with E-state index in [0.29, 0.717) is 34.9 Å². The first-order chi connectivity index (χ1) is 20.9. The fraction of sp³-hybridized carbons (Fsp3) is 0.371. The van der Waals surface area contributed by atoms with Crippen molar-refractivity contribution < 1.29 is 23.8 Å². The van der Waals surface area contributed by atoms with Crippen molar-refractivity contribution in [2.75, 3.05) is 26.2 Å². The van der Waals surface area contributed by atoms with E-state index in [0.717, 1.165) is 47.7 Å². The largest absolute Gasteiger partial charge is 0.493 e. The van der Waals surface area contributed by atoms with Crippen LogP contribution in [0.2, 0.25) is 0 Å². The number of aromatic nitrogens is 1. The maximum Gasteiger partial charge on any atom is 0.248 e. The molecule has 2 amide bonds. The van der Waals surface area contributed by atoms with Gasteiger partial charge in [0.25, 0.3) is 0 Å². The Morgan fingerprint density at radius 1 is 0.930 bits per heavy atom. The van der Waals surface area contributed by atoms with E-state index in [2.05, 4.69) is 16.4 Å². The predicted octanol–water partition coefficient (Wildman–Crippen LogP) is 6.66. The second-order valence-corrected chi connectivity index (χ2v) is 11.2. The molecule has 1 aliphatic rings. The number of benzene rings is 3. The van der Waals surface area contributed by atoms with Gasteiger partial charge in [-0.2, -0.15) is 0 Å². The lowest BCUT2D eigenvalue weighted by Gasteiger charge is -2.34. The Kier molecular flexibility index (Phi) is 9.55. The zero-order valence-electron chi connectivity index (χ0n) is 25.4. The van der Waals surface area contributed by atoms with Crippen LogP contribution >= 0.6 is 0 Å². The standard InChI is InChI=1S/C35H41N3O5/c1-23-11-10-14-27(19-23)38(32(39)18-17-24-22-36-29-16-9-8-15-28(24)29)33(35(40)37-26-12-6-5-7-13-26)25-20-30(41-2)34(43-4)31(21-25)42-3/h8-11,14-16,19-22,26,33,36H,5-7,12-13,17-18H2,1-4H3,(H,37,40). The van der Waals surface area contributed by atoms with Crippen molar-refractivity contribution in [3.63, 3.8) is 0 Å². The number of anilines is 1. The summed E-state index contributed by atoms with van der Waals surface area (Å²) in [6.45, 7) is 1.98. The third kappa shape index (κ3) is 6.63. The number of ether oxygens (including phenoxy) is 3. The van der Waals surface area contributed by atoms with Gasteiger partial charge in [-0.25, -0.2) is 0 Å². The van der Waals surface area contributed by atoms with E-state index >= 15 is 0 Å². The highest BCUT2D eigenvalue weighted by molar-refractivity contribution is 6.02. The fourth-order valence-electron chi connectivity index (χ4n) is 6.12. The number of amides is 2. The Labute approximate surface area is 253 Å². The summed E-state index contributed by atoms with van der Waals surface area (Å²) in [7, 11) is 4.63. The summed E-state index contributed by atoms with van der Waals surface area (Å²) < 4.78 is 16.9. The summed E-state index contributed by atoms with van der Waals surface area (Å²) in [4.78, 5) is 33.7. The number of fused-ring (bicyclic) bond motifs is 1. The number of aromatic amines is 1. The Morgan fingerprint density at radius 3 is 2.33 bits per heavy atom. The van der Waals surface area contributed by atoms with Crippen LogP contribution < -0.4 is 24.4 Å². The molecule has 1 atom stereocenters.